The molecule has 0 aliphatic rings. The van der Waals surface area contributed by atoms with Gasteiger partial charge in [0.15, 0.2) is 0 Å². The highest BCUT2D eigenvalue weighted by molar-refractivity contribution is 5.92. The Morgan fingerprint density at radius 2 is 1.48 bits per heavy atom. The van der Waals surface area contributed by atoms with Crippen LogP contribution in [-0.2, 0) is 16.0 Å². The van der Waals surface area contributed by atoms with Crippen molar-refractivity contribution in [1.29, 1.82) is 0 Å². The molecule has 2 aromatic carbocycles. The van der Waals surface area contributed by atoms with Crippen molar-refractivity contribution in [2.24, 2.45) is 0 Å². The molecule has 0 unspecified atom stereocenters. The summed E-state index contributed by atoms with van der Waals surface area (Å²) in [6.07, 6.45) is 0.271. The van der Waals surface area contributed by atoms with Crippen LogP contribution in [-0.4, -0.2) is 18.4 Å². The molecule has 0 radical (unpaired) electrons. The van der Waals surface area contributed by atoms with E-state index in [0.717, 1.165) is 17.0 Å². The van der Waals surface area contributed by atoms with Crippen molar-refractivity contribution in [2.45, 2.75) is 20.3 Å². The van der Waals surface area contributed by atoms with Gasteiger partial charge in [-0.3, -0.25) is 9.59 Å². The number of ether oxygens (including phenoxy) is 1. The van der Waals surface area contributed by atoms with E-state index < -0.39 is 0 Å². The van der Waals surface area contributed by atoms with Gasteiger partial charge < -0.3 is 15.4 Å². The highest BCUT2D eigenvalue weighted by Gasteiger charge is 2.05. The predicted molar refractivity (Wildman–Crippen MR) is 90.7 cm³/mol. The molecule has 2 rings (SSSR count). The van der Waals surface area contributed by atoms with Crippen LogP contribution in [0.3, 0.4) is 0 Å². The van der Waals surface area contributed by atoms with Gasteiger partial charge in [0.25, 0.3) is 0 Å². The van der Waals surface area contributed by atoms with Gasteiger partial charge in [-0.2, -0.15) is 0 Å². The molecule has 0 fully saturated rings. The minimum atomic E-state index is -0.119. The Hall–Kier alpha value is -2.82. The molecular weight excluding hydrogens is 292 g/mol. The topological polar surface area (TPSA) is 67.4 Å². The Morgan fingerprint density at radius 3 is 2.04 bits per heavy atom. The molecule has 0 spiro atoms. The van der Waals surface area contributed by atoms with Crippen LogP contribution in [0.25, 0.3) is 0 Å². The molecular formula is C18H20N2O3. The Morgan fingerprint density at radius 1 is 0.913 bits per heavy atom. The zero-order valence-electron chi connectivity index (χ0n) is 13.3. The van der Waals surface area contributed by atoms with Gasteiger partial charge in [-0.15, -0.1) is 0 Å². The summed E-state index contributed by atoms with van der Waals surface area (Å²) in [5.74, 6) is 0.562. The van der Waals surface area contributed by atoms with E-state index in [1.165, 1.54) is 6.92 Å². The Labute approximate surface area is 135 Å². The van der Waals surface area contributed by atoms with Gasteiger partial charge in [-0.1, -0.05) is 12.1 Å². The van der Waals surface area contributed by atoms with Crippen LogP contribution in [0.1, 0.15) is 19.4 Å². The SMILES string of the molecule is CCOc1ccc(NC(=O)Cc2ccc(NC(C)=O)cc2)cc1. The average molecular weight is 312 g/mol. The number of hydrogen-bond donors (Lipinski definition) is 2. The molecule has 0 aliphatic heterocycles. The molecule has 0 aromatic heterocycles. The molecule has 120 valence electrons. The molecule has 0 saturated carbocycles. The molecule has 5 nitrogen and oxygen atoms in total. The van der Waals surface area contributed by atoms with Gasteiger partial charge in [-0.25, -0.2) is 0 Å². The van der Waals surface area contributed by atoms with Crippen molar-refractivity contribution >= 4 is 23.2 Å². The third kappa shape index (κ3) is 5.47. The van der Waals surface area contributed by atoms with E-state index in [1.807, 2.05) is 43.3 Å². The van der Waals surface area contributed by atoms with E-state index in [0.29, 0.717) is 12.3 Å². The van der Waals surface area contributed by atoms with Crippen LogP contribution < -0.4 is 15.4 Å². The monoisotopic (exact) mass is 312 g/mol. The number of carbonyl (C=O) groups excluding carboxylic acids is 2. The lowest BCUT2D eigenvalue weighted by atomic mass is 10.1. The zero-order valence-corrected chi connectivity index (χ0v) is 13.3. The van der Waals surface area contributed by atoms with E-state index in [1.54, 1.807) is 12.1 Å². The van der Waals surface area contributed by atoms with E-state index in [2.05, 4.69) is 10.6 Å². The molecule has 0 atom stereocenters. The average Bonchev–Trinajstić information content (AvgIpc) is 2.51. The van der Waals surface area contributed by atoms with Gasteiger partial charge in [-0.05, 0) is 48.9 Å². The number of carbonyl (C=O) groups is 2. The highest BCUT2D eigenvalue weighted by atomic mass is 16.5. The van der Waals surface area contributed by atoms with Gasteiger partial charge in [0, 0.05) is 18.3 Å². The van der Waals surface area contributed by atoms with Crippen LogP contribution in [0.5, 0.6) is 5.75 Å². The standard InChI is InChI=1S/C18H20N2O3/c1-3-23-17-10-8-16(9-11-17)20-18(22)12-14-4-6-15(7-5-14)19-13(2)21/h4-11H,3,12H2,1-2H3,(H,19,21)(H,20,22). The summed E-state index contributed by atoms with van der Waals surface area (Å²) in [4.78, 5) is 23.0. The molecule has 0 bridgehead atoms. The number of anilines is 2. The van der Waals surface area contributed by atoms with Crippen LogP contribution >= 0.6 is 0 Å². The first kappa shape index (κ1) is 16.5. The van der Waals surface area contributed by atoms with Crippen molar-refractivity contribution < 1.29 is 14.3 Å². The maximum atomic E-state index is 12.0. The third-order valence-electron chi connectivity index (χ3n) is 3.09. The highest BCUT2D eigenvalue weighted by Crippen LogP contribution is 2.16. The fraction of sp³-hybridized carbons (Fsp3) is 0.222. The maximum Gasteiger partial charge on any atom is 0.228 e. The van der Waals surface area contributed by atoms with Crippen molar-refractivity contribution in [3.05, 3.63) is 54.1 Å². The van der Waals surface area contributed by atoms with E-state index in [4.69, 9.17) is 4.74 Å². The van der Waals surface area contributed by atoms with Gasteiger partial charge >= 0.3 is 0 Å². The van der Waals surface area contributed by atoms with Crippen molar-refractivity contribution in [3.63, 3.8) is 0 Å². The van der Waals surface area contributed by atoms with E-state index in [-0.39, 0.29) is 18.2 Å². The quantitative estimate of drug-likeness (QED) is 0.860. The first-order chi connectivity index (χ1) is 11.1. The second-order valence-corrected chi connectivity index (χ2v) is 5.06. The summed E-state index contributed by atoms with van der Waals surface area (Å²) in [6.45, 7) is 3.99. The molecule has 2 N–H and O–H groups in total. The summed E-state index contributed by atoms with van der Waals surface area (Å²) < 4.78 is 5.36. The summed E-state index contributed by atoms with van der Waals surface area (Å²) in [5, 5.41) is 5.53. The minimum Gasteiger partial charge on any atom is -0.494 e. The summed E-state index contributed by atoms with van der Waals surface area (Å²) in [6, 6.07) is 14.5. The Bertz CT molecular complexity index is 664. The summed E-state index contributed by atoms with van der Waals surface area (Å²) in [5.41, 5.74) is 2.32. The lowest BCUT2D eigenvalue weighted by molar-refractivity contribution is -0.116. The number of hydrogen-bond acceptors (Lipinski definition) is 3. The van der Waals surface area contributed by atoms with Crippen molar-refractivity contribution in [2.75, 3.05) is 17.2 Å². The molecule has 5 heteroatoms. The molecule has 0 heterocycles. The number of nitrogens with one attached hydrogen (secondary N) is 2. The fourth-order valence-corrected chi connectivity index (χ4v) is 2.10. The zero-order chi connectivity index (χ0) is 16.7. The number of benzene rings is 2. The normalized spacial score (nSPS) is 10.0. The van der Waals surface area contributed by atoms with Crippen LogP contribution in [0.2, 0.25) is 0 Å². The number of rotatable bonds is 6. The van der Waals surface area contributed by atoms with Crippen molar-refractivity contribution in [3.8, 4) is 5.75 Å². The second-order valence-electron chi connectivity index (χ2n) is 5.06. The maximum absolute atomic E-state index is 12.0. The van der Waals surface area contributed by atoms with Gasteiger partial charge in [0.1, 0.15) is 5.75 Å². The first-order valence-corrected chi connectivity index (χ1v) is 7.46. The molecule has 2 aromatic rings. The first-order valence-electron chi connectivity index (χ1n) is 7.46. The van der Waals surface area contributed by atoms with Crippen molar-refractivity contribution in [1.82, 2.24) is 0 Å². The molecule has 0 saturated heterocycles. The molecule has 2 amide bonds. The second kappa shape index (κ2) is 7.98. The number of amides is 2. The minimum absolute atomic E-state index is 0.0959. The Kier molecular flexibility index (Phi) is 5.74. The van der Waals surface area contributed by atoms with Crippen LogP contribution in [0, 0.1) is 0 Å². The third-order valence-corrected chi connectivity index (χ3v) is 3.09. The lowest BCUT2D eigenvalue weighted by Crippen LogP contribution is -2.14. The van der Waals surface area contributed by atoms with E-state index >= 15 is 0 Å². The van der Waals surface area contributed by atoms with Crippen LogP contribution in [0.15, 0.2) is 48.5 Å². The largest absolute Gasteiger partial charge is 0.494 e. The smallest absolute Gasteiger partial charge is 0.228 e. The summed E-state index contributed by atoms with van der Waals surface area (Å²) >= 11 is 0. The summed E-state index contributed by atoms with van der Waals surface area (Å²) in [7, 11) is 0. The lowest BCUT2D eigenvalue weighted by Gasteiger charge is -2.08. The fourth-order valence-electron chi connectivity index (χ4n) is 2.10. The van der Waals surface area contributed by atoms with Crippen LogP contribution in [0.4, 0.5) is 11.4 Å². The van der Waals surface area contributed by atoms with Gasteiger partial charge in [0.2, 0.25) is 11.8 Å². The molecule has 0 aliphatic carbocycles. The Balaban J connectivity index is 1.90. The van der Waals surface area contributed by atoms with E-state index in [9.17, 15) is 9.59 Å². The van der Waals surface area contributed by atoms with Gasteiger partial charge in [0.05, 0.1) is 13.0 Å². The predicted octanol–water partition coefficient (Wildman–Crippen LogP) is 3.22. The molecule has 23 heavy (non-hydrogen) atoms.